The van der Waals surface area contributed by atoms with Gasteiger partial charge in [-0.3, -0.25) is 4.79 Å². The molecule has 144 valence electrons. The second-order valence-electron chi connectivity index (χ2n) is 6.46. The first kappa shape index (κ1) is 19.4. The fourth-order valence-electron chi connectivity index (χ4n) is 3.08. The van der Waals surface area contributed by atoms with Crippen molar-refractivity contribution < 1.29 is 22.0 Å². The Bertz CT molecular complexity index is 955. The van der Waals surface area contributed by atoms with E-state index in [1.165, 1.54) is 0 Å². The van der Waals surface area contributed by atoms with Crippen molar-refractivity contribution in [3.05, 3.63) is 65.2 Å². The van der Waals surface area contributed by atoms with Gasteiger partial charge in [-0.15, -0.1) is 0 Å². The highest BCUT2D eigenvalue weighted by Crippen LogP contribution is 2.21. The van der Waals surface area contributed by atoms with Crippen molar-refractivity contribution in [1.82, 2.24) is 9.21 Å². The molecule has 5 nitrogen and oxygen atoms in total. The Labute approximate surface area is 157 Å². The number of nitrogens with zero attached hydrogens (tertiary/aromatic N) is 2. The maximum Gasteiger partial charge on any atom is 0.246 e. The van der Waals surface area contributed by atoms with Crippen LogP contribution < -0.4 is 0 Å². The summed E-state index contributed by atoms with van der Waals surface area (Å²) in [5.41, 5.74) is 1.96. The maximum atomic E-state index is 13.9. The summed E-state index contributed by atoms with van der Waals surface area (Å²) in [6.45, 7) is 2.53. The molecule has 1 aliphatic rings. The van der Waals surface area contributed by atoms with E-state index in [1.54, 1.807) is 4.90 Å². The summed E-state index contributed by atoms with van der Waals surface area (Å²) in [6.07, 6.45) is 0.256. The molecule has 0 aliphatic carbocycles. The molecule has 0 N–H and O–H groups in total. The molecule has 1 aliphatic heterocycles. The SMILES string of the molecule is Cc1ccccc1CC(=O)N1CCN(S(=O)(=O)c2ccc(F)cc2F)CC1. The van der Waals surface area contributed by atoms with Crippen LogP contribution in [0.4, 0.5) is 8.78 Å². The van der Waals surface area contributed by atoms with Crippen LogP contribution in [0.25, 0.3) is 0 Å². The molecule has 0 spiro atoms. The minimum atomic E-state index is -4.07. The fourth-order valence-corrected chi connectivity index (χ4v) is 4.55. The molecule has 1 fully saturated rings. The van der Waals surface area contributed by atoms with E-state index in [0.29, 0.717) is 6.07 Å². The Morgan fingerprint density at radius 1 is 1.04 bits per heavy atom. The van der Waals surface area contributed by atoms with Crippen LogP contribution in [0.5, 0.6) is 0 Å². The Hall–Kier alpha value is -2.32. The number of benzene rings is 2. The van der Waals surface area contributed by atoms with E-state index in [-0.39, 0.29) is 38.5 Å². The van der Waals surface area contributed by atoms with E-state index in [9.17, 15) is 22.0 Å². The van der Waals surface area contributed by atoms with Gasteiger partial charge in [-0.2, -0.15) is 4.31 Å². The lowest BCUT2D eigenvalue weighted by molar-refractivity contribution is -0.131. The van der Waals surface area contributed by atoms with Gasteiger partial charge in [0.25, 0.3) is 0 Å². The first-order chi connectivity index (χ1) is 12.8. The fraction of sp³-hybridized carbons (Fsp3) is 0.316. The van der Waals surface area contributed by atoms with Crippen molar-refractivity contribution in [2.24, 2.45) is 0 Å². The Morgan fingerprint density at radius 3 is 2.33 bits per heavy atom. The van der Waals surface area contributed by atoms with Crippen LogP contribution in [0.1, 0.15) is 11.1 Å². The van der Waals surface area contributed by atoms with Crippen molar-refractivity contribution in [2.45, 2.75) is 18.2 Å². The lowest BCUT2D eigenvalue weighted by atomic mass is 10.1. The highest BCUT2D eigenvalue weighted by atomic mass is 32.2. The van der Waals surface area contributed by atoms with Crippen LogP contribution in [-0.4, -0.2) is 49.7 Å². The van der Waals surface area contributed by atoms with Gasteiger partial charge < -0.3 is 4.90 Å². The first-order valence-electron chi connectivity index (χ1n) is 8.56. The van der Waals surface area contributed by atoms with E-state index >= 15 is 0 Å². The number of sulfonamides is 1. The van der Waals surface area contributed by atoms with Crippen molar-refractivity contribution >= 4 is 15.9 Å². The van der Waals surface area contributed by atoms with E-state index in [1.807, 2.05) is 31.2 Å². The smallest absolute Gasteiger partial charge is 0.246 e. The average molecular weight is 394 g/mol. The zero-order valence-corrected chi connectivity index (χ0v) is 15.7. The molecule has 1 saturated heterocycles. The normalized spacial score (nSPS) is 15.7. The van der Waals surface area contributed by atoms with Crippen molar-refractivity contribution in [3.63, 3.8) is 0 Å². The molecule has 1 heterocycles. The molecule has 0 aromatic heterocycles. The lowest BCUT2D eigenvalue weighted by Crippen LogP contribution is -2.51. The van der Waals surface area contributed by atoms with Crippen molar-refractivity contribution in [3.8, 4) is 0 Å². The molecule has 0 saturated carbocycles. The molecule has 0 unspecified atom stereocenters. The van der Waals surface area contributed by atoms with Gasteiger partial charge in [0, 0.05) is 32.2 Å². The molecule has 0 atom stereocenters. The summed E-state index contributed by atoms with van der Waals surface area (Å²) in [5.74, 6) is -2.03. The summed E-state index contributed by atoms with van der Waals surface area (Å²) in [7, 11) is -4.07. The van der Waals surface area contributed by atoms with Crippen LogP contribution in [-0.2, 0) is 21.2 Å². The lowest BCUT2D eigenvalue weighted by Gasteiger charge is -2.34. The molecule has 2 aromatic rings. The standard InChI is InChI=1S/C19H20F2N2O3S/c1-14-4-2-3-5-15(14)12-19(24)22-8-10-23(11-9-22)27(25,26)18-7-6-16(20)13-17(18)21/h2-7,13H,8-12H2,1H3. The molecule has 3 rings (SSSR count). The van der Waals surface area contributed by atoms with E-state index < -0.39 is 26.6 Å². The number of amides is 1. The summed E-state index contributed by atoms with van der Waals surface area (Å²) in [4.78, 5) is 13.6. The van der Waals surface area contributed by atoms with E-state index in [4.69, 9.17) is 0 Å². The summed E-state index contributed by atoms with van der Waals surface area (Å²) in [6, 6.07) is 10.00. The van der Waals surface area contributed by atoms with Gasteiger partial charge in [0.1, 0.15) is 16.5 Å². The Kier molecular flexibility index (Phi) is 5.57. The molecule has 27 heavy (non-hydrogen) atoms. The van der Waals surface area contributed by atoms with Crippen molar-refractivity contribution in [1.29, 1.82) is 0 Å². The predicted molar refractivity (Wildman–Crippen MR) is 96.6 cm³/mol. The van der Waals surface area contributed by atoms with Gasteiger partial charge in [0.15, 0.2) is 0 Å². The Morgan fingerprint density at radius 2 is 1.70 bits per heavy atom. The van der Waals surface area contributed by atoms with Gasteiger partial charge in [-0.05, 0) is 30.2 Å². The molecule has 2 aromatic carbocycles. The number of aryl methyl sites for hydroxylation is 1. The zero-order chi connectivity index (χ0) is 19.6. The summed E-state index contributed by atoms with van der Waals surface area (Å²) in [5, 5.41) is 0. The third-order valence-electron chi connectivity index (χ3n) is 4.71. The molecule has 0 radical (unpaired) electrons. The zero-order valence-electron chi connectivity index (χ0n) is 14.9. The minimum Gasteiger partial charge on any atom is -0.340 e. The first-order valence-corrected chi connectivity index (χ1v) is 10.0. The van der Waals surface area contributed by atoms with E-state index in [2.05, 4.69) is 0 Å². The number of hydrogen-bond donors (Lipinski definition) is 0. The highest BCUT2D eigenvalue weighted by molar-refractivity contribution is 7.89. The number of hydrogen-bond acceptors (Lipinski definition) is 3. The van der Waals surface area contributed by atoms with Crippen LogP contribution in [0.3, 0.4) is 0 Å². The van der Waals surface area contributed by atoms with Gasteiger partial charge in [0.2, 0.25) is 15.9 Å². The molecular weight excluding hydrogens is 374 g/mol. The highest BCUT2D eigenvalue weighted by Gasteiger charge is 2.32. The monoisotopic (exact) mass is 394 g/mol. The number of rotatable bonds is 4. The number of carbonyl (C=O) groups excluding carboxylic acids is 1. The van der Waals surface area contributed by atoms with Crippen LogP contribution in [0.15, 0.2) is 47.4 Å². The molecule has 0 bridgehead atoms. The van der Waals surface area contributed by atoms with Gasteiger partial charge in [0.05, 0.1) is 6.42 Å². The van der Waals surface area contributed by atoms with Crippen LogP contribution in [0, 0.1) is 18.6 Å². The molecule has 8 heteroatoms. The second-order valence-corrected chi connectivity index (χ2v) is 8.37. The Balaban J connectivity index is 1.66. The maximum absolute atomic E-state index is 13.9. The quantitative estimate of drug-likeness (QED) is 0.800. The third kappa shape index (κ3) is 4.17. The second kappa shape index (κ2) is 7.74. The predicted octanol–water partition coefficient (Wildman–Crippen LogP) is 2.35. The number of halogens is 2. The van der Waals surface area contributed by atoms with Gasteiger partial charge in [-0.1, -0.05) is 24.3 Å². The average Bonchev–Trinajstić information content (AvgIpc) is 2.63. The number of carbonyl (C=O) groups is 1. The van der Waals surface area contributed by atoms with E-state index in [0.717, 1.165) is 27.6 Å². The largest absolute Gasteiger partial charge is 0.340 e. The van der Waals surface area contributed by atoms with Crippen molar-refractivity contribution in [2.75, 3.05) is 26.2 Å². The van der Waals surface area contributed by atoms with Crippen LogP contribution in [0.2, 0.25) is 0 Å². The number of piperazine rings is 1. The summed E-state index contributed by atoms with van der Waals surface area (Å²) < 4.78 is 53.2. The minimum absolute atomic E-state index is 0.0681. The topological polar surface area (TPSA) is 57.7 Å². The molecular formula is C19H20F2N2O3S. The van der Waals surface area contributed by atoms with Gasteiger partial charge >= 0.3 is 0 Å². The van der Waals surface area contributed by atoms with Crippen LogP contribution >= 0.6 is 0 Å². The summed E-state index contributed by atoms with van der Waals surface area (Å²) >= 11 is 0. The van der Waals surface area contributed by atoms with Gasteiger partial charge in [-0.25, -0.2) is 17.2 Å². The third-order valence-corrected chi connectivity index (χ3v) is 6.64. The molecule has 1 amide bonds.